The first-order valence-electron chi connectivity index (χ1n) is 9.90. The number of likely N-dealkylation sites (tertiary alicyclic amines) is 1. The van der Waals surface area contributed by atoms with Crippen LogP contribution in [0.3, 0.4) is 0 Å². The smallest absolute Gasteiger partial charge is 0.221 e. The van der Waals surface area contributed by atoms with Crippen LogP contribution in [0.2, 0.25) is 0 Å². The Balaban J connectivity index is 0.000000176. The van der Waals surface area contributed by atoms with Gasteiger partial charge in [-0.05, 0) is 55.3 Å². The third kappa shape index (κ3) is 5.12. The SMILES string of the molecule is CC(=O)N1CC2CCC(C1)N2C.CC(=O)Nc1cc(-c2ccncc2)ccc1N. The monoisotopic (exact) mass is 395 g/mol. The number of nitrogens with two attached hydrogens (primary N) is 1. The van der Waals surface area contributed by atoms with Crippen LogP contribution in [-0.2, 0) is 9.59 Å². The van der Waals surface area contributed by atoms with Crippen LogP contribution in [0, 0.1) is 0 Å². The molecule has 0 spiro atoms. The van der Waals surface area contributed by atoms with Crippen molar-refractivity contribution in [1.82, 2.24) is 14.8 Å². The van der Waals surface area contributed by atoms with E-state index < -0.39 is 0 Å². The van der Waals surface area contributed by atoms with E-state index in [1.807, 2.05) is 29.2 Å². The van der Waals surface area contributed by atoms with Gasteiger partial charge in [-0.15, -0.1) is 0 Å². The molecule has 2 bridgehead atoms. The molecule has 154 valence electrons. The molecule has 4 rings (SSSR count). The number of nitrogen functional groups attached to an aromatic ring is 1. The second-order valence-electron chi connectivity index (χ2n) is 7.69. The van der Waals surface area contributed by atoms with Crippen molar-refractivity contribution in [3.05, 3.63) is 42.7 Å². The van der Waals surface area contributed by atoms with E-state index in [9.17, 15) is 9.59 Å². The number of anilines is 2. The largest absolute Gasteiger partial charge is 0.397 e. The number of hydrogen-bond acceptors (Lipinski definition) is 5. The average molecular weight is 396 g/mol. The number of carbonyl (C=O) groups excluding carboxylic acids is 2. The number of rotatable bonds is 2. The third-order valence-corrected chi connectivity index (χ3v) is 5.67. The molecule has 2 saturated heterocycles. The van der Waals surface area contributed by atoms with Gasteiger partial charge in [-0.25, -0.2) is 0 Å². The Morgan fingerprint density at radius 1 is 1.03 bits per heavy atom. The second-order valence-corrected chi connectivity index (χ2v) is 7.69. The number of nitrogens with one attached hydrogen (secondary N) is 1. The molecule has 2 aliphatic rings. The maximum absolute atomic E-state index is 11.1. The molecule has 29 heavy (non-hydrogen) atoms. The fraction of sp³-hybridized carbons (Fsp3) is 0.409. The van der Waals surface area contributed by atoms with Crippen molar-refractivity contribution in [3.8, 4) is 11.1 Å². The van der Waals surface area contributed by atoms with Crippen molar-refractivity contribution < 1.29 is 9.59 Å². The van der Waals surface area contributed by atoms with Crippen LogP contribution in [0.4, 0.5) is 11.4 Å². The topological polar surface area (TPSA) is 91.6 Å². The zero-order valence-electron chi connectivity index (χ0n) is 17.3. The zero-order chi connectivity index (χ0) is 21.0. The Bertz CT molecular complexity index is 857. The van der Waals surface area contributed by atoms with Gasteiger partial charge in [0.15, 0.2) is 0 Å². The van der Waals surface area contributed by atoms with Gasteiger partial charge in [-0.3, -0.25) is 19.5 Å². The number of pyridine rings is 1. The summed E-state index contributed by atoms with van der Waals surface area (Å²) in [7, 11) is 2.18. The summed E-state index contributed by atoms with van der Waals surface area (Å²) in [6, 6.07) is 10.6. The van der Waals surface area contributed by atoms with Gasteiger partial charge in [-0.2, -0.15) is 0 Å². The predicted molar refractivity (Wildman–Crippen MR) is 115 cm³/mol. The number of likely N-dealkylation sites (N-methyl/N-ethyl adjacent to an activating group) is 1. The maximum Gasteiger partial charge on any atom is 0.221 e. The van der Waals surface area contributed by atoms with Crippen molar-refractivity contribution >= 4 is 23.2 Å². The van der Waals surface area contributed by atoms with Crippen molar-refractivity contribution in [2.45, 2.75) is 38.8 Å². The number of fused-ring (bicyclic) bond motifs is 2. The van der Waals surface area contributed by atoms with Gasteiger partial charge >= 0.3 is 0 Å². The standard InChI is InChI=1S/C13H13N3O.C9H16N2O/c1-9(17)16-13-8-11(2-3-12(13)14)10-4-6-15-7-5-10;1-7(12)11-5-8-3-4-9(6-11)10(8)2/h2-8H,14H2,1H3,(H,16,17);8-9H,3-6H2,1-2H3. The first kappa shape index (κ1) is 20.8. The lowest BCUT2D eigenvalue weighted by atomic mass is 10.1. The molecule has 0 saturated carbocycles. The molecule has 0 radical (unpaired) electrons. The van der Waals surface area contributed by atoms with Crippen LogP contribution in [-0.4, -0.2) is 58.8 Å². The highest BCUT2D eigenvalue weighted by Crippen LogP contribution is 2.28. The summed E-state index contributed by atoms with van der Waals surface area (Å²) >= 11 is 0. The lowest BCUT2D eigenvalue weighted by Gasteiger charge is -2.38. The van der Waals surface area contributed by atoms with Gasteiger partial charge in [0.05, 0.1) is 11.4 Å². The summed E-state index contributed by atoms with van der Waals surface area (Å²) in [6.45, 7) is 5.02. The fourth-order valence-electron chi connectivity index (χ4n) is 3.95. The molecule has 3 N–H and O–H groups in total. The highest BCUT2D eigenvalue weighted by atomic mass is 16.2. The molecule has 2 fully saturated rings. The summed E-state index contributed by atoms with van der Waals surface area (Å²) in [5, 5.41) is 2.70. The average Bonchev–Trinajstić information content (AvgIpc) is 2.91. The summed E-state index contributed by atoms with van der Waals surface area (Å²) in [5.74, 6) is 0.101. The zero-order valence-corrected chi connectivity index (χ0v) is 17.3. The fourth-order valence-corrected chi connectivity index (χ4v) is 3.95. The normalized spacial score (nSPS) is 20.6. The molecule has 2 unspecified atom stereocenters. The van der Waals surface area contributed by atoms with Gasteiger partial charge in [0.1, 0.15) is 0 Å². The van der Waals surface area contributed by atoms with Crippen LogP contribution in [0.15, 0.2) is 42.7 Å². The van der Waals surface area contributed by atoms with Crippen LogP contribution in [0.25, 0.3) is 11.1 Å². The Labute approximate surface area is 171 Å². The Kier molecular flexibility index (Phi) is 6.49. The lowest BCUT2D eigenvalue weighted by molar-refractivity contribution is -0.131. The van der Waals surface area contributed by atoms with E-state index in [2.05, 4.69) is 22.2 Å². The minimum Gasteiger partial charge on any atom is -0.397 e. The predicted octanol–water partition coefficient (Wildman–Crippen LogP) is 2.60. The molecule has 1 aromatic heterocycles. The number of benzene rings is 1. The molecular formula is C22H29N5O2. The molecule has 2 amide bonds. The molecule has 0 aliphatic carbocycles. The quantitative estimate of drug-likeness (QED) is 0.763. The number of nitrogens with zero attached hydrogens (tertiary/aromatic N) is 3. The van der Waals surface area contributed by atoms with Crippen molar-refractivity contribution in [2.24, 2.45) is 0 Å². The Hall–Kier alpha value is -2.93. The van der Waals surface area contributed by atoms with Crippen molar-refractivity contribution in [3.63, 3.8) is 0 Å². The maximum atomic E-state index is 11.1. The van der Waals surface area contributed by atoms with Gasteiger partial charge in [0, 0.05) is 51.4 Å². The molecule has 2 aromatic rings. The van der Waals surface area contributed by atoms with Crippen LogP contribution >= 0.6 is 0 Å². The molecule has 2 aliphatic heterocycles. The number of aromatic nitrogens is 1. The van der Waals surface area contributed by atoms with E-state index in [-0.39, 0.29) is 11.8 Å². The van der Waals surface area contributed by atoms with E-state index in [1.54, 1.807) is 25.4 Å². The molecule has 3 heterocycles. The summed E-state index contributed by atoms with van der Waals surface area (Å²) in [6.07, 6.45) is 5.99. The summed E-state index contributed by atoms with van der Waals surface area (Å²) in [5.41, 5.74) is 9.00. The van der Waals surface area contributed by atoms with Crippen LogP contribution < -0.4 is 11.1 Å². The molecule has 7 heteroatoms. The minimum atomic E-state index is -0.136. The molecule has 1 aromatic carbocycles. The first-order valence-corrected chi connectivity index (χ1v) is 9.90. The summed E-state index contributed by atoms with van der Waals surface area (Å²) in [4.78, 5) is 30.6. The van der Waals surface area contributed by atoms with Gasteiger partial charge in [0.25, 0.3) is 0 Å². The van der Waals surface area contributed by atoms with E-state index in [0.717, 1.165) is 24.2 Å². The number of amides is 2. The van der Waals surface area contributed by atoms with E-state index in [0.29, 0.717) is 23.5 Å². The van der Waals surface area contributed by atoms with Crippen LogP contribution in [0.5, 0.6) is 0 Å². The van der Waals surface area contributed by atoms with E-state index >= 15 is 0 Å². The highest BCUT2D eigenvalue weighted by molar-refractivity contribution is 5.93. The minimum absolute atomic E-state index is 0.136. The number of piperazine rings is 1. The second kappa shape index (κ2) is 9.05. The number of hydrogen-bond donors (Lipinski definition) is 2. The highest BCUT2D eigenvalue weighted by Gasteiger charge is 2.37. The molecular weight excluding hydrogens is 366 g/mol. The van der Waals surface area contributed by atoms with Gasteiger partial charge < -0.3 is 16.0 Å². The third-order valence-electron chi connectivity index (χ3n) is 5.67. The van der Waals surface area contributed by atoms with Crippen molar-refractivity contribution in [2.75, 3.05) is 31.2 Å². The van der Waals surface area contributed by atoms with Gasteiger partial charge in [0.2, 0.25) is 11.8 Å². The molecule has 2 atom stereocenters. The number of carbonyl (C=O) groups is 2. The molecule has 7 nitrogen and oxygen atoms in total. The van der Waals surface area contributed by atoms with Crippen LogP contribution in [0.1, 0.15) is 26.7 Å². The van der Waals surface area contributed by atoms with E-state index in [4.69, 9.17) is 5.73 Å². The van der Waals surface area contributed by atoms with E-state index in [1.165, 1.54) is 19.8 Å². The van der Waals surface area contributed by atoms with Gasteiger partial charge in [-0.1, -0.05) is 6.07 Å². The summed E-state index contributed by atoms with van der Waals surface area (Å²) < 4.78 is 0. The Morgan fingerprint density at radius 2 is 1.66 bits per heavy atom. The lowest BCUT2D eigenvalue weighted by Crippen LogP contribution is -2.53. The first-order chi connectivity index (χ1) is 13.8. The van der Waals surface area contributed by atoms with Crippen molar-refractivity contribution in [1.29, 1.82) is 0 Å². The Morgan fingerprint density at radius 3 is 2.21 bits per heavy atom.